The molecule has 0 spiro atoms. The molecular weight excluding hydrogens is 673 g/mol. The summed E-state index contributed by atoms with van der Waals surface area (Å²) in [5, 5.41) is 15.6. The Labute approximate surface area is 325 Å². The van der Waals surface area contributed by atoms with E-state index in [1.54, 1.807) is 0 Å². The molecule has 0 heteroatoms. The molecule has 0 heterocycles. The van der Waals surface area contributed by atoms with Crippen LogP contribution in [-0.2, 0) is 0 Å². The lowest BCUT2D eigenvalue weighted by molar-refractivity contribution is 1.56. The lowest BCUT2D eigenvalue weighted by atomic mass is 9.82. The fourth-order valence-corrected chi connectivity index (χ4v) is 9.62. The Bertz CT molecular complexity index is 3410. The van der Waals surface area contributed by atoms with Crippen molar-refractivity contribution in [2.45, 2.75) is 0 Å². The van der Waals surface area contributed by atoms with Crippen LogP contribution < -0.4 is 0 Å². The van der Waals surface area contributed by atoms with E-state index in [2.05, 4.69) is 206 Å². The molecule has 258 valence electrons. The topological polar surface area (TPSA) is 0 Å². The monoisotopic (exact) mass is 706 g/mol. The van der Waals surface area contributed by atoms with E-state index in [-0.39, 0.29) is 0 Å². The molecule has 0 aliphatic heterocycles. The van der Waals surface area contributed by atoms with Crippen LogP contribution in [0, 0.1) is 0 Å². The zero-order valence-corrected chi connectivity index (χ0v) is 30.6. The van der Waals surface area contributed by atoms with Gasteiger partial charge in [-0.15, -0.1) is 0 Å². The highest BCUT2D eigenvalue weighted by Gasteiger charge is 2.21. The summed E-state index contributed by atoms with van der Waals surface area (Å²) >= 11 is 0. The predicted molar refractivity (Wildman–Crippen MR) is 241 cm³/mol. The van der Waals surface area contributed by atoms with Crippen LogP contribution in [-0.4, -0.2) is 0 Å². The Balaban J connectivity index is 1.18. The quantitative estimate of drug-likeness (QED) is 0.156. The first kappa shape index (κ1) is 31.1. The first-order valence-corrected chi connectivity index (χ1v) is 19.5. The van der Waals surface area contributed by atoms with Gasteiger partial charge in [0.15, 0.2) is 0 Å². The summed E-state index contributed by atoms with van der Waals surface area (Å²) < 4.78 is 0. The van der Waals surface area contributed by atoms with Gasteiger partial charge in [-0.3, -0.25) is 0 Å². The Morgan fingerprint density at radius 3 is 1.16 bits per heavy atom. The van der Waals surface area contributed by atoms with Crippen molar-refractivity contribution >= 4 is 64.6 Å². The SMILES string of the molecule is c1ccc(-c2cc(-c3cccc(-c4ccccc4)c3-c3ccc4ccc5cccc6ccc3c4c56)cc(-c3ccc4ccc5cccc6ccc3c4c56)c2)cc1. The number of hydrogen-bond donors (Lipinski definition) is 0. The molecule has 0 nitrogen and oxygen atoms in total. The Hall–Kier alpha value is -7.28. The van der Waals surface area contributed by atoms with Crippen LogP contribution in [0.4, 0.5) is 0 Å². The largest absolute Gasteiger partial charge is 0.0622 e. The zero-order valence-electron chi connectivity index (χ0n) is 30.6. The maximum absolute atomic E-state index is 2.43. The maximum atomic E-state index is 2.43. The number of hydrogen-bond acceptors (Lipinski definition) is 0. The predicted octanol–water partition coefficient (Wildman–Crippen LogP) is 15.8. The average molecular weight is 707 g/mol. The first-order chi connectivity index (χ1) is 27.8. The highest BCUT2D eigenvalue weighted by atomic mass is 14.2. The Morgan fingerprint density at radius 2 is 0.589 bits per heavy atom. The van der Waals surface area contributed by atoms with Gasteiger partial charge in [-0.2, -0.15) is 0 Å². The molecule has 12 aromatic rings. The van der Waals surface area contributed by atoms with Gasteiger partial charge in [0, 0.05) is 0 Å². The molecule has 0 radical (unpaired) electrons. The van der Waals surface area contributed by atoms with Crippen molar-refractivity contribution in [2.75, 3.05) is 0 Å². The highest BCUT2D eigenvalue weighted by molar-refractivity contribution is 6.27. The third kappa shape index (κ3) is 4.66. The lowest BCUT2D eigenvalue weighted by Crippen LogP contribution is -1.94. The van der Waals surface area contributed by atoms with Gasteiger partial charge in [0.05, 0.1) is 0 Å². The van der Waals surface area contributed by atoms with Crippen LogP contribution >= 0.6 is 0 Å². The van der Waals surface area contributed by atoms with Gasteiger partial charge in [0.25, 0.3) is 0 Å². The summed E-state index contributed by atoms with van der Waals surface area (Å²) in [5.74, 6) is 0. The van der Waals surface area contributed by atoms with Crippen molar-refractivity contribution in [3.63, 3.8) is 0 Å². The van der Waals surface area contributed by atoms with Crippen molar-refractivity contribution in [1.82, 2.24) is 0 Å². The van der Waals surface area contributed by atoms with E-state index in [9.17, 15) is 0 Å². The fourth-order valence-electron chi connectivity index (χ4n) is 9.62. The minimum Gasteiger partial charge on any atom is -0.0622 e. The van der Waals surface area contributed by atoms with Crippen molar-refractivity contribution in [1.29, 1.82) is 0 Å². The van der Waals surface area contributed by atoms with Gasteiger partial charge in [0.1, 0.15) is 0 Å². The number of benzene rings is 12. The standard InChI is InChI=1S/C56H34/c1-3-10-35(11-4-1)43-32-44(46-28-24-41-22-20-37-14-7-16-39-25-29-49(46)54(41)52(37)39)34-45(33-43)48-19-9-18-47(36-12-5-2-6-13-36)56(48)51-31-27-42-23-21-38-15-8-17-40-26-30-50(51)55(42)53(38)40/h1-34H. The van der Waals surface area contributed by atoms with E-state index in [1.165, 1.54) is 120 Å². The molecule has 0 N–H and O–H groups in total. The van der Waals surface area contributed by atoms with Gasteiger partial charge in [0.2, 0.25) is 0 Å². The molecular formula is C56H34. The molecule has 0 unspecified atom stereocenters. The Morgan fingerprint density at radius 1 is 0.196 bits per heavy atom. The molecule has 0 bridgehead atoms. The van der Waals surface area contributed by atoms with Crippen molar-refractivity contribution in [3.8, 4) is 55.6 Å². The second kappa shape index (κ2) is 12.1. The van der Waals surface area contributed by atoms with Gasteiger partial charge >= 0.3 is 0 Å². The van der Waals surface area contributed by atoms with Gasteiger partial charge < -0.3 is 0 Å². The number of rotatable bonds is 5. The fraction of sp³-hybridized carbons (Fsp3) is 0. The summed E-state index contributed by atoms with van der Waals surface area (Å²) in [6.07, 6.45) is 0. The van der Waals surface area contributed by atoms with E-state index in [0.29, 0.717) is 0 Å². The second-order valence-corrected chi connectivity index (χ2v) is 15.2. The first-order valence-electron chi connectivity index (χ1n) is 19.5. The van der Waals surface area contributed by atoms with Crippen LogP contribution in [0.2, 0.25) is 0 Å². The summed E-state index contributed by atoms with van der Waals surface area (Å²) in [7, 11) is 0. The molecule has 0 fully saturated rings. The molecule has 12 rings (SSSR count). The van der Waals surface area contributed by atoms with E-state index in [1.807, 2.05) is 0 Å². The van der Waals surface area contributed by atoms with E-state index in [4.69, 9.17) is 0 Å². The molecule has 0 aliphatic rings. The van der Waals surface area contributed by atoms with Crippen LogP contribution in [0.15, 0.2) is 206 Å². The average Bonchev–Trinajstić information content (AvgIpc) is 3.27. The van der Waals surface area contributed by atoms with Gasteiger partial charge in [-0.1, -0.05) is 188 Å². The van der Waals surface area contributed by atoms with Crippen LogP contribution in [0.3, 0.4) is 0 Å². The minimum atomic E-state index is 1.20. The molecule has 0 atom stereocenters. The summed E-state index contributed by atoms with van der Waals surface area (Å²) in [5.41, 5.74) is 12.2. The van der Waals surface area contributed by atoms with Crippen LogP contribution in [0.1, 0.15) is 0 Å². The third-order valence-electron chi connectivity index (χ3n) is 12.1. The van der Waals surface area contributed by atoms with Crippen LogP contribution in [0.5, 0.6) is 0 Å². The normalized spacial score (nSPS) is 11.9. The smallest absolute Gasteiger partial charge is 0.00206 e. The summed E-state index contributed by atoms with van der Waals surface area (Å²) in [6.45, 7) is 0. The molecule has 0 saturated carbocycles. The van der Waals surface area contributed by atoms with E-state index >= 15 is 0 Å². The Kier molecular flexibility index (Phi) is 6.73. The maximum Gasteiger partial charge on any atom is -0.00206 e. The molecule has 0 aliphatic carbocycles. The molecule has 0 saturated heterocycles. The molecule has 12 aromatic carbocycles. The third-order valence-corrected chi connectivity index (χ3v) is 12.1. The van der Waals surface area contributed by atoms with Crippen LogP contribution in [0.25, 0.3) is 120 Å². The van der Waals surface area contributed by atoms with Gasteiger partial charge in [-0.05, 0) is 138 Å². The zero-order chi connectivity index (χ0) is 36.7. The molecule has 0 aromatic heterocycles. The van der Waals surface area contributed by atoms with E-state index < -0.39 is 0 Å². The summed E-state index contributed by atoms with van der Waals surface area (Å²) in [6, 6.07) is 76.8. The van der Waals surface area contributed by atoms with Crippen molar-refractivity contribution < 1.29 is 0 Å². The summed E-state index contributed by atoms with van der Waals surface area (Å²) in [4.78, 5) is 0. The minimum absolute atomic E-state index is 1.20. The molecule has 56 heavy (non-hydrogen) atoms. The second-order valence-electron chi connectivity index (χ2n) is 15.2. The lowest BCUT2D eigenvalue weighted by Gasteiger charge is -2.21. The van der Waals surface area contributed by atoms with E-state index in [0.717, 1.165) is 0 Å². The molecule has 0 amide bonds. The van der Waals surface area contributed by atoms with Crippen molar-refractivity contribution in [2.24, 2.45) is 0 Å². The highest BCUT2D eigenvalue weighted by Crippen LogP contribution is 2.48. The van der Waals surface area contributed by atoms with Crippen molar-refractivity contribution in [3.05, 3.63) is 206 Å². The van der Waals surface area contributed by atoms with Gasteiger partial charge in [-0.25, -0.2) is 0 Å².